The minimum atomic E-state index is -4.56. The van der Waals surface area contributed by atoms with Crippen molar-refractivity contribution in [2.75, 3.05) is 0 Å². The molecule has 0 unspecified atom stereocenters. The van der Waals surface area contributed by atoms with Crippen molar-refractivity contribution in [2.24, 2.45) is 10.9 Å². The van der Waals surface area contributed by atoms with E-state index in [9.17, 15) is 13.2 Å². The maximum absolute atomic E-state index is 12.5. The molecule has 1 aromatic heterocycles. The lowest BCUT2D eigenvalue weighted by Gasteiger charge is -2.09. The molecule has 0 amide bonds. The van der Waals surface area contributed by atoms with Gasteiger partial charge in [0.15, 0.2) is 5.69 Å². The van der Waals surface area contributed by atoms with Crippen molar-refractivity contribution in [2.45, 2.75) is 6.18 Å². The quantitative estimate of drug-likeness (QED) is 0.533. The highest BCUT2D eigenvalue weighted by molar-refractivity contribution is 5.83. The summed E-state index contributed by atoms with van der Waals surface area (Å²) in [4.78, 5) is 6.95. The van der Waals surface area contributed by atoms with Crippen LogP contribution >= 0.6 is 0 Å². The summed E-state index contributed by atoms with van der Waals surface area (Å²) in [6.45, 7) is 0. The summed E-state index contributed by atoms with van der Waals surface area (Å²) < 4.78 is 42.8. The molecule has 0 fully saturated rings. The van der Waals surface area contributed by atoms with Crippen LogP contribution in [0.5, 0.6) is 11.8 Å². The number of nitrogens with zero attached hydrogens (tertiary/aromatic N) is 3. The number of ether oxygens (including phenoxy) is 1. The summed E-state index contributed by atoms with van der Waals surface area (Å²) in [5.41, 5.74) is -0.580. The van der Waals surface area contributed by atoms with Gasteiger partial charge in [0, 0.05) is 11.8 Å². The summed E-state index contributed by atoms with van der Waals surface area (Å²) in [5.74, 6) is 5.29. The molecule has 0 saturated heterocycles. The Kier molecular flexibility index (Phi) is 3.83. The van der Waals surface area contributed by atoms with E-state index in [2.05, 4.69) is 15.1 Å². The molecule has 1 aromatic carbocycles. The van der Waals surface area contributed by atoms with E-state index >= 15 is 0 Å². The van der Waals surface area contributed by atoms with Crippen LogP contribution in [0.3, 0.4) is 0 Å². The van der Waals surface area contributed by atoms with Crippen LogP contribution in [0, 0.1) is 0 Å². The Bertz CT molecular complexity index is 628. The van der Waals surface area contributed by atoms with Crippen LogP contribution in [-0.4, -0.2) is 16.2 Å². The largest absolute Gasteiger partial charge is 0.433 e. The van der Waals surface area contributed by atoms with Gasteiger partial charge in [-0.15, -0.1) is 0 Å². The van der Waals surface area contributed by atoms with Gasteiger partial charge in [0.1, 0.15) is 5.75 Å². The van der Waals surface area contributed by atoms with Crippen molar-refractivity contribution in [3.8, 4) is 11.8 Å². The van der Waals surface area contributed by atoms with E-state index < -0.39 is 17.9 Å². The lowest BCUT2D eigenvalue weighted by atomic mass is 10.2. The van der Waals surface area contributed by atoms with E-state index in [1.165, 1.54) is 6.21 Å². The maximum Gasteiger partial charge on any atom is 0.433 e. The van der Waals surface area contributed by atoms with Gasteiger partial charge in [-0.05, 0) is 18.2 Å². The predicted octanol–water partition coefficient (Wildman–Crippen LogP) is 2.58. The Morgan fingerprint density at radius 2 is 1.95 bits per heavy atom. The number of rotatable bonds is 3. The third kappa shape index (κ3) is 3.22. The number of hydrogen-bond donors (Lipinski definition) is 1. The maximum atomic E-state index is 12.5. The predicted molar refractivity (Wildman–Crippen MR) is 65.3 cm³/mol. The van der Waals surface area contributed by atoms with Crippen LogP contribution in [0.1, 0.15) is 11.3 Å². The Morgan fingerprint density at radius 1 is 1.20 bits per heavy atom. The van der Waals surface area contributed by atoms with Crippen molar-refractivity contribution in [3.05, 3.63) is 47.8 Å². The fourth-order valence-electron chi connectivity index (χ4n) is 1.41. The molecule has 8 heteroatoms. The molecule has 2 N–H and O–H groups in total. The third-order valence-electron chi connectivity index (χ3n) is 2.26. The second-order valence-corrected chi connectivity index (χ2v) is 3.64. The third-order valence-corrected chi connectivity index (χ3v) is 2.26. The van der Waals surface area contributed by atoms with E-state index in [1.807, 2.05) is 0 Å². The fraction of sp³-hybridized carbons (Fsp3) is 0.0833. The summed E-state index contributed by atoms with van der Waals surface area (Å²) in [5, 5.41) is 3.34. The molecule has 1 heterocycles. The van der Waals surface area contributed by atoms with Gasteiger partial charge in [-0.1, -0.05) is 12.1 Å². The number of halogens is 3. The van der Waals surface area contributed by atoms with E-state index in [0.717, 1.165) is 12.3 Å². The monoisotopic (exact) mass is 282 g/mol. The summed E-state index contributed by atoms with van der Waals surface area (Å²) in [6.07, 6.45) is -2.27. The first-order chi connectivity index (χ1) is 9.50. The lowest BCUT2D eigenvalue weighted by Crippen LogP contribution is -2.09. The normalized spacial score (nSPS) is 11.8. The number of alkyl halides is 3. The van der Waals surface area contributed by atoms with E-state index in [0.29, 0.717) is 5.56 Å². The summed E-state index contributed by atoms with van der Waals surface area (Å²) in [7, 11) is 0. The van der Waals surface area contributed by atoms with Crippen LogP contribution in [0.25, 0.3) is 0 Å². The molecular formula is C12H9F3N4O. The molecule has 2 aromatic rings. The number of hydrazone groups is 1. The molecular weight excluding hydrogens is 273 g/mol. The van der Waals surface area contributed by atoms with Gasteiger partial charge in [0.25, 0.3) is 0 Å². The Morgan fingerprint density at radius 3 is 2.65 bits per heavy atom. The molecule has 0 aliphatic rings. The Balaban J connectivity index is 2.31. The number of nitrogens with two attached hydrogens (primary N) is 1. The first-order valence-electron chi connectivity index (χ1n) is 5.41. The smallest absolute Gasteiger partial charge is 0.424 e. The van der Waals surface area contributed by atoms with Gasteiger partial charge in [-0.2, -0.15) is 23.3 Å². The Labute approximate surface area is 111 Å². The van der Waals surface area contributed by atoms with Crippen molar-refractivity contribution < 1.29 is 17.9 Å². The number of aromatic nitrogens is 2. The second kappa shape index (κ2) is 5.55. The first-order valence-corrected chi connectivity index (χ1v) is 5.41. The van der Waals surface area contributed by atoms with Crippen molar-refractivity contribution in [1.82, 2.24) is 9.97 Å². The van der Waals surface area contributed by atoms with Gasteiger partial charge in [-0.25, -0.2) is 4.98 Å². The summed E-state index contributed by atoms with van der Waals surface area (Å²) in [6, 6.07) is 6.89. The van der Waals surface area contributed by atoms with Gasteiger partial charge >= 0.3 is 12.2 Å². The van der Waals surface area contributed by atoms with Gasteiger partial charge in [0.2, 0.25) is 0 Å². The van der Waals surface area contributed by atoms with Crippen LogP contribution in [0.15, 0.2) is 41.6 Å². The molecule has 0 saturated carbocycles. The molecule has 5 nitrogen and oxygen atoms in total. The van der Waals surface area contributed by atoms with Gasteiger partial charge in [0.05, 0.1) is 6.21 Å². The minimum Gasteiger partial charge on any atom is -0.424 e. The molecule has 0 aliphatic carbocycles. The minimum absolute atomic E-state index is 0.251. The van der Waals surface area contributed by atoms with E-state index in [-0.39, 0.29) is 5.75 Å². The van der Waals surface area contributed by atoms with E-state index in [1.54, 1.807) is 24.3 Å². The first kappa shape index (κ1) is 13.8. The molecule has 20 heavy (non-hydrogen) atoms. The standard InChI is InChI=1S/C12H9F3N4O/c13-12(14,15)10-5-6-17-11(19-10)20-9-4-2-1-3-8(9)7-18-16/h1-7H,16H2. The molecule has 0 aliphatic heterocycles. The fourth-order valence-corrected chi connectivity index (χ4v) is 1.41. The van der Waals surface area contributed by atoms with Crippen molar-refractivity contribution in [3.63, 3.8) is 0 Å². The highest BCUT2D eigenvalue weighted by Gasteiger charge is 2.33. The topological polar surface area (TPSA) is 73.4 Å². The number of hydrogen-bond acceptors (Lipinski definition) is 5. The van der Waals surface area contributed by atoms with Crippen LogP contribution in [0.4, 0.5) is 13.2 Å². The average molecular weight is 282 g/mol. The molecule has 0 bridgehead atoms. The van der Waals surface area contributed by atoms with Crippen LogP contribution < -0.4 is 10.6 Å². The van der Waals surface area contributed by atoms with Crippen molar-refractivity contribution in [1.29, 1.82) is 0 Å². The second-order valence-electron chi connectivity index (χ2n) is 3.64. The number of benzene rings is 1. The highest BCUT2D eigenvalue weighted by Crippen LogP contribution is 2.29. The SMILES string of the molecule is NN=Cc1ccccc1Oc1nccc(C(F)(F)F)n1. The average Bonchev–Trinajstić information content (AvgIpc) is 2.41. The molecule has 0 atom stereocenters. The van der Waals surface area contributed by atoms with Crippen molar-refractivity contribution >= 4 is 6.21 Å². The Hall–Kier alpha value is -2.64. The number of para-hydroxylation sites is 1. The van der Waals surface area contributed by atoms with E-state index in [4.69, 9.17) is 10.6 Å². The van der Waals surface area contributed by atoms with Crippen LogP contribution in [0.2, 0.25) is 0 Å². The highest BCUT2D eigenvalue weighted by atomic mass is 19.4. The van der Waals surface area contributed by atoms with Gasteiger partial charge < -0.3 is 10.6 Å². The zero-order valence-electron chi connectivity index (χ0n) is 10.0. The lowest BCUT2D eigenvalue weighted by molar-refractivity contribution is -0.141. The molecule has 104 valence electrons. The van der Waals surface area contributed by atoms with Crippen LogP contribution in [-0.2, 0) is 6.18 Å². The van der Waals surface area contributed by atoms with Gasteiger partial charge in [-0.3, -0.25) is 0 Å². The molecule has 0 radical (unpaired) electrons. The zero-order chi connectivity index (χ0) is 14.6. The summed E-state index contributed by atoms with van der Waals surface area (Å²) >= 11 is 0. The molecule has 2 rings (SSSR count). The molecule has 0 spiro atoms. The zero-order valence-corrected chi connectivity index (χ0v) is 10.0.